The van der Waals surface area contributed by atoms with E-state index in [1.54, 1.807) is 18.2 Å². The Labute approximate surface area is 134 Å². The van der Waals surface area contributed by atoms with Gasteiger partial charge in [0.15, 0.2) is 0 Å². The van der Waals surface area contributed by atoms with E-state index in [0.717, 1.165) is 19.4 Å². The van der Waals surface area contributed by atoms with Crippen molar-refractivity contribution < 1.29 is 14.6 Å². The molecule has 1 rings (SSSR count). The van der Waals surface area contributed by atoms with E-state index >= 15 is 0 Å². The van der Waals surface area contributed by atoms with E-state index in [1.165, 1.54) is 0 Å². The normalized spacial score (nSPS) is 12.1. The van der Waals surface area contributed by atoms with Gasteiger partial charge in [0.2, 0.25) is 5.91 Å². The Kier molecular flexibility index (Phi) is 8.45. The number of amides is 1. The highest BCUT2D eigenvalue weighted by Gasteiger charge is 2.06. The summed E-state index contributed by atoms with van der Waals surface area (Å²) in [6, 6.07) is 4.94. The zero-order valence-corrected chi connectivity index (χ0v) is 13.2. The summed E-state index contributed by atoms with van der Waals surface area (Å²) in [4.78, 5) is 10.5. The fourth-order valence-electron chi connectivity index (χ4n) is 1.64. The topological polar surface area (TPSA) is 84.6 Å². The Morgan fingerprint density at radius 2 is 2.10 bits per heavy atom. The molecule has 4 N–H and O–H groups in total. The molecule has 0 aliphatic heterocycles. The number of carbonyl (C=O) groups is 1. The third-order valence-corrected chi connectivity index (χ3v) is 3.48. The van der Waals surface area contributed by atoms with Gasteiger partial charge in [-0.3, -0.25) is 4.79 Å². The van der Waals surface area contributed by atoms with Gasteiger partial charge < -0.3 is 20.9 Å². The number of nitrogens with one attached hydrogen (secondary N) is 1. The van der Waals surface area contributed by atoms with Crippen LogP contribution in [0, 0.1) is 0 Å². The van der Waals surface area contributed by atoms with Crippen molar-refractivity contribution in [3.63, 3.8) is 0 Å². The molecule has 1 aromatic rings. The summed E-state index contributed by atoms with van der Waals surface area (Å²) in [6.45, 7) is 1.29. The Morgan fingerprint density at radius 1 is 1.33 bits per heavy atom. The lowest BCUT2D eigenvalue weighted by molar-refractivity contribution is -0.118. The fourth-order valence-corrected chi connectivity index (χ4v) is 1.92. The van der Waals surface area contributed by atoms with Crippen molar-refractivity contribution in [3.05, 3.63) is 28.2 Å². The molecule has 0 saturated carbocycles. The quantitative estimate of drug-likeness (QED) is 0.571. The van der Waals surface area contributed by atoms with Gasteiger partial charge >= 0.3 is 0 Å². The van der Waals surface area contributed by atoms with E-state index in [9.17, 15) is 9.90 Å². The smallest absolute Gasteiger partial charge is 0.217 e. The van der Waals surface area contributed by atoms with E-state index in [4.69, 9.17) is 33.7 Å². The molecule has 5 nitrogen and oxygen atoms in total. The minimum absolute atomic E-state index is 0.159. The number of halogens is 2. The molecule has 0 radical (unpaired) electrons. The van der Waals surface area contributed by atoms with Crippen LogP contribution in [0.3, 0.4) is 0 Å². The average molecular weight is 335 g/mol. The Balaban J connectivity index is 2.12. The van der Waals surface area contributed by atoms with Gasteiger partial charge in [-0.2, -0.15) is 0 Å². The fraction of sp³-hybridized carbons (Fsp3) is 0.500. The van der Waals surface area contributed by atoms with Gasteiger partial charge in [0.25, 0.3) is 0 Å². The van der Waals surface area contributed by atoms with Crippen LogP contribution < -0.4 is 15.8 Å². The third-order valence-electron chi connectivity index (χ3n) is 2.74. The molecular weight excluding hydrogens is 315 g/mol. The summed E-state index contributed by atoms with van der Waals surface area (Å²) >= 11 is 11.7. The standard InChI is InChI=1S/C14H20Cl2N2O3/c15-12-5-4-11(7-13(12)16)21-9-10(19)8-18-6-2-1-3-14(17)20/h4-5,7,10,18-19H,1-3,6,8-9H2,(H2,17,20). The van der Waals surface area contributed by atoms with Crippen LogP contribution in [-0.2, 0) is 4.79 Å². The van der Waals surface area contributed by atoms with Crippen molar-refractivity contribution in [2.45, 2.75) is 25.4 Å². The summed E-state index contributed by atoms with van der Waals surface area (Å²) in [5.41, 5.74) is 5.04. The van der Waals surface area contributed by atoms with Crippen LogP contribution in [0.15, 0.2) is 18.2 Å². The third kappa shape index (κ3) is 8.12. The van der Waals surface area contributed by atoms with Gasteiger partial charge in [0, 0.05) is 19.0 Å². The van der Waals surface area contributed by atoms with Gasteiger partial charge in [0.1, 0.15) is 18.5 Å². The molecule has 0 bridgehead atoms. The second kappa shape index (κ2) is 9.84. The molecule has 7 heteroatoms. The summed E-state index contributed by atoms with van der Waals surface area (Å²) in [5.74, 6) is 0.273. The molecule has 0 aromatic heterocycles. The number of nitrogens with two attached hydrogens (primary N) is 1. The zero-order valence-electron chi connectivity index (χ0n) is 11.6. The van der Waals surface area contributed by atoms with Gasteiger partial charge in [-0.05, 0) is 31.5 Å². The Bertz CT molecular complexity index is 458. The lowest BCUT2D eigenvalue weighted by atomic mass is 10.2. The van der Waals surface area contributed by atoms with E-state index in [-0.39, 0.29) is 12.5 Å². The lowest BCUT2D eigenvalue weighted by Gasteiger charge is -2.13. The molecule has 1 unspecified atom stereocenters. The lowest BCUT2D eigenvalue weighted by Crippen LogP contribution is -2.32. The molecular formula is C14H20Cl2N2O3. The number of ether oxygens (including phenoxy) is 1. The van der Waals surface area contributed by atoms with Crippen molar-refractivity contribution in [1.82, 2.24) is 5.32 Å². The number of carbonyl (C=O) groups excluding carboxylic acids is 1. The van der Waals surface area contributed by atoms with Gasteiger partial charge in [-0.25, -0.2) is 0 Å². The van der Waals surface area contributed by atoms with E-state index in [1.807, 2.05) is 0 Å². The van der Waals surface area contributed by atoms with Crippen LogP contribution >= 0.6 is 23.2 Å². The molecule has 0 fully saturated rings. The van der Waals surface area contributed by atoms with Crippen LogP contribution in [-0.4, -0.2) is 36.8 Å². The van der Waals surface area contributed by atoms with Gasteiger partial charge in [0.05, 0.1) is 10.0 Å². The first kappa shape index (κ1) is 18.0. The molecule has 1 atom stereocenters. The second-order valence-corrected chi connectivity index (χ2v) is 5.48. The molecule has 0 spiro atoms. The Morgan fingerprint density at radius 3 is 2.76 bits per heavy atom. The highest BCUT2D eigenvalue weighted by atomic mass is 35.5. The highest BCUT2D eigenvalue weighted by molar-refractivity contribution is 6.42. The molecule has 0 saturated heterocycles. The van der Waals surface area contributed by atoms with Gasteiger partial charge in [-0.1, -0.05) is 23.2 Å². The van der Waals surface area contributed by atoms with Crippen LogP contribution in [0.4, 0.5) is 0 Å². The highest BCUT2D eigenvalue weighted by Crippen LogP contribution is 2.26. The van der Waals surface area contributed by atoms with Crippen LogP contribution in [0.5, 0.6) is 5.75 Å². The van der Waals surface area contributed by atoms with Crippen molar-refractivity contribution in [2.24, 2.45) is 5.73 Å². The molecule has 1 amide bonds. The van der Waals surface area contributed by atoms with Crippen molar-refractivity contribution in [1.29, 1.82) is 0 Å². The predicted molar refractivity (Wildman–Crippen MR) is 83.9 cm³/mol. The minimum Gasteiger partial charge on any atom is -0.491 e. The van der Waals surface area contributed by atoms with E-state index < -0.39 is 6.10 Å². The average Bonchev–Trinajstić information content (AvgIpc) is 2.43. The first-order valence-electron chi connectivity index (χ1n) is 6.74. The molecule has 0 aliphatic carbocycles. The number of rotatable bonds is 10. The van der Waals surface area contributed by atoms with Crippen molar-refractivity contribution in [2.75, 3.05) is 19.7 Å². The Hall–Kier alpha value is -1.01. The molecule has 21 heavy (non-hydrogen) atoms. The zero-order chi connectivity index (χ0) is 15.7. The minimum atomic E-state index is -0.629. The summed E-state index contributed by atoms with van der Waals surface area (Å²) in [5, 5.41) is 13.7. The van der Waals surface area contributed by atoms with Crippen LogP contribution in [0.2, 0.25) is 10.0 Å². The monoisotopic (exact) mass is 334 g/mol. The van der Waals surface area contributed by atoms with Crippen molar-refractivity contribution in [3.8, 4) is 5.75 Å². The summed E-state index contributed by atoms with van der Waals surface area (Å²) in [7, 11) is 0. The molecule has 0 aliphatic rings. The number of primary amides is 1. The first-order valence-corrected chi connectivity index (χ1v) is 7.49. The largest absolute Gasteiger partial charge is 0.491 e. The summed E-state index contributed by atoms with van der Waals surface area (Å²) in [6.07, 6.45) is 1.35. The van der Waals surface area contributed by atoms with Crippen LogP contribution in [0.25, 0.3) is 0 Å². The van der Waals surface area contributed by atoms with Gasteiger partial charge in [-0.15, -0.1) is 0 Å². The molecule has 118 valence electrons. The van der Waals surface area contributed by atoms with E-state index in [2.05, 4.69) is 5.32 Å². The first-order chi connectivity index (χ1) is 9.99. The number of hydrogen-bond acceptors (Lipinski definition) is 4. The number of aliphatic hydroxyl groups is 1. The number of aliphatic hydroxyl groups excluding tert-OH is 1. The second-order valence-electron chi connectivity index (χ2n) is 4.67. The maximum absolute atomic E-state index is 10.5. The molecule has 0 heterocycles. The maximum Gasteiger partial charge on any atom is 0.217 e. The predicted octanol–water partition coefficient (Wildman–Crippen LogP) is 1.98. The summed E-state index contributed by atoms with van der Waals surface area (Å²) < 4.78 is 5.42. The SMILES string of the molecule is NC(=O)CCCCNCC(O)COc1ccc(Cl)c(Cl)c1. The van der Waals surface area contributed by atoms with Crippen LogP contribution in [0.1, 0.15) is 19.3 Å². The molecule has 1 aromatic carbocycles. The van der Waals surface area contributed by atoms with Crippen molar-refractivity contribution >= 4 is 29.1 Å². The number of hydrogen-bond donors (Lipinski definition) is 3. The number of benzene rings is 1. The number of unbranched alkanes of at least 4 members (excludes halogenated alkanes) is 1. The van der Waals surface area contributed by atoms with E-state index in [0.29, 0.717) is 28.8 Å². The maximum atomic E-state index is 10.5.